The predicted molar refractivity (Wildman–Crippen MR) is 77.0 cm³/mol. The molecule has 1 rings (SSSR count). The molecule has 1 aromatic rings. The molecule has 0 aliphatic heterocycles. The average Bonchev–Trinajstić information content (AvgIpc) is 2.28. The molecule has 0 saturated heterocycles. The van der Waals surface area contributed by atoms with Crippen molar-refractivity contribution < 1.29 is 4.74 Å². The SMILES string of the molecule is CCNC(CSC)c1cccc(OC(C)C)c1. The number of ether oxygens (including phenoxy) is 1. The molecule has 3 heteroatoms. The Morgan fingerprint density at radius 3 is 2.71 bits per heavy atom. The Morgan fingerprint density at radius 1 is 1.35 bits per heavy atom. The smallest absolute Gasteiger partial charge is 0.120 e. The van der Waals surface area contributed by atoms with Gasteiger partial charge in [0, 0.05) is 11.8 Å². The zero-order valence-electron chi connectivity index (χ0n) is 11.2. The highest BCUT2D eigenvalue weighted by atomic mass is 32.2. The number of rotatable bonds is 7. The number of hydrogen-bond acceptors (Lipinski definition) is 3. The third-order valence-corrected chi connectivity index (χ3v) is 3.08. The highest BCUT2D eigenvalue weighted by Gasteiger charge is 2.10. The molecule has 96 valence electrons. The highest BCUT2D eigenvalue weighted by molar-refractivity contribution is 7.98. The van der Waals surface area contributed by atoms with Gasteiger partial charge >= 0.3 is 0 Å². The van der Waals surface area contributed by atoms with E-state index in [1.54, 1.807) is 0 Å². The zero-order valence-corrected chi connectivity index (χ0v) is 12.0. The molecule has 0 aromatic heterocycles. The molecule has 0 radical (unpaired) electrons. The average molecular weight is 253 g/mol. The lowest BCUT2D eigenvalue weighted by molar-refractivity contribution is 0.242. The summed E-state index contributed by atoms with van der Waals surface area (Å²) in [6.45, 7) is 7.23. The first kappa shape index (κ1) is 14.4. The van der Waals surface area contributed by atoms with Gasteiger partial charge in [-0.1, -0.05) is 19.1 Å². The fourth-order valence-corrected chi connectivity index (χ4v) is 2.41. The third kappa shape index (κ3) is 5.00. The molecule has 1 unspecified atom stereocenters. The molecule has 1 N–H and O–H groups in total. The van der Waals surface area contributed by atoms with Crippen LogP contribution in [0.1, 0.15) is 32.4 Å². The first-order valence-corrected chi connectivity index (χ1v) is 7.55. The van der Waals surface area contributed by atoms with Crippen molar-refractivity contribution in [2.45, 2.75) is 32.9 Å². The van der Waals surface area contributed by atoms with Crippen LogP contribution in [0.2, 0.25) is 0 Å². The Hall–Kier alpha value is -0.670. The van der Waals surface area contributed by atoms with E-state index >= 15 is 0 Å². The zero-order chi connectivity index (χ0) is 12.7. The van der Waals surface area contributed by atoms with Crippen LogP contribution in [-0.2, 0) is 0 Å². The van der Waals surface area contributed by atoms with Crippen LogP contribution in [0.3, 0.4) is 0 Å². The molecule has 0 fully saturated rings. The van der Waals surface area contributed by atoms with Crippen LogP contribution >= 0.6 is 11.8 Å². The Morgan fingerprint density at radius 2 is 2.12 bits per heavy atom. The Balaban J connectivity index is 2.79. The molecular weight excluding hydrogens is 230 g/mol. The summed E-state index contributed by atoms with van der Waals surface area (Å²) in [7, 11) is 0. The van der Waals surface area contributed by atoms with Crippen LogP contribution in [0.15, 0.2) is 24.3 Å². The van der Waals surface area contributed by atoms with E-state index in [0.717, 1.165) is 18.0 Å². The summed E-state index contributed by atoms with van der Waals surface area (Å²) in [5, 5.41) is 3.50. The molecule has 17 heavy (non-hydrogen) atoms. The molecule has 0 aliphatic carbocycles. The van der Waals surface area contributed by atoms with Crippen LogP contribution in [0, 0.1) is 0 Å². The van der Waals surface area contributed by atoms with Gasteiger partial charge in [-0.25, -0.2) is 0 Å². The summed E-state index contributed by atoms with van der Waals surface area (Å²) in [5.41, 5.74) is 1.30. The van der Waals surface area contributed by atoms with E-state index in [2.05, 4.69) is 50.5 Å². The minimum Gasteiger partial charge on any atom is -0.491 e. The van der Waals surface area contributed by atoms with E-state index in [9.17, 15) is 0 Å². The van der Waals surface area contributed by atoms with E-state index in [1.807, 2.05) is 17.8 Å². The lowest BCUT2D eigenvalue weighted by Gasteiger charge is -2.18. The maximum Gasteiger partial charge on any atom is 0.120 e. The van der Waals surface area contributed by atoms with Crippen LogP contribution in [-0.4, -0.2) is 24.7 Å². The second kappa shape index (κ2) is 7.62. The van der Waals surface area contributed by atoms with E-state index < -0.39 is 0 Å². The van der Waals surface area contributed by atoms with E-state index in [-0.39, 0.29) is 6.10 Å². The molecule has 1 atom stereocenters. The second-order valence-corrected chi connectivity index (χ2v) is 5.22. The van der Waals surface area contributed by atoms with Gasteiger partial charge in [-0.2, -0.15) is 11.8 Å². The Kier molecular flexibility index (Phi) is 6.45. The highest BCUT2D eigenvalue weighted by Crippen LogP contribution is 2.22. The quantitative estimate of drug-likeness (QED) is 0.804. The summed E-state index contributed by atoms with van der Waals surface area (Å²) in [6.07, 6.45) is 2.36. The topological polar surface area (TPSA) is 21.3 Å². The van der Waals surface area contributed by atoms with E-state index in [0.29, 0.717) is 6.04 Å². The Bertz CT molecular complexity index is 322. The van der Waals surface area contributed by atoms with Gasteiger partial charge in [-0.05, 0) is 44.3 Å². The van der Waals surface area contributed by atoms with Gasteiger partial charge in [0.1, 0.15) is 5.75 Å². The van der Waals surface area contributed by atoms with Crippen molar-refractivity contribution in [1.29, 1.82) is 0 Å². The van der Waals surface area contributed by atoms with Crippen LogP contribution in [0.4, 0.5) is 0 Å². The van der Waals surface area contributed by atoms with Gasteiger partial charge in [0.05, 0.1) is 6.10 Å². The molecule has 2 nitrogen and oxygen atoms in total. The molecular formula is C14H23NOS. The van der Waals surface area contributed by atoms with Gasteiger partial charge < -0.3 is 10.1 Å². The maximum atomic E-state index is 5.73. The number of thioether (sulfide) groups is 1. The van der Waals surface area contributed by atoms with Gasteiger partial charge in [-0.15, -0.1) is 0 Å². The molecule has 0 spiro atoms. The number of nitrogens with one attached hydrogen (secondary N) is 1. The summed E-state index contributed by atoms with van der Waals surface area (Å²) in [5.74, 6) is 2.04. The van der Waals surface area contributed by atoms with Crippen molar-refractivity contribution in [3.63, 3.8) is 0 Å². The molecule has 0 saturated carbocycles. The fourth-order valence-electron chi connectivity index (χ4n) is 1.76. The minimum atomic E-state index is 0.225. The Labute approximate surface area is 109 Å². The molecule has 0 heterocycles. The van der Waals surface area contributed by atoms with E-state index in [4.69, 9.17) is 4.74 Å². The lowest BCUT2D eigenvalue weighted by atomic mass is 10.1. The maximum absolute atomic E-state index is 5.73. The number of hydrogen-bond donors (Lipinski definition) is 1. The molecule has 0 aliphatic rings. The molecule has 0 amide bonds. The van der Waals surface area contributed by atoms with Crippen molar-refractivity contribution >= 4 is 11.8 Å². The summed E-state index contributed by atoms with van der Waals surface area (Å²) < 4.78 is 5.73. The van der Waals surface area contributed by atoms with Crippen LogP contribution in [0.25, 0.3) is 0 Å². The molecule has 0 bridgehead atoms. The van der Waals surface area contributed by atoms with Crippen LogP contribution < -0.4 is 10.1 Å². The van der Waals surface area contributed by atoms with Crippen molar-refractivity contribution in [2.75, 3.05) is 18.6 Å². The largest absolute Gasteiger partial charge is 0.491 e. The summed E-state index contributed by atoms with van der Waals surface area (Å²) in [4.78, 5) is 0. The molecule has 1 aromatic carbocycles. The van der Waals surface area contributed by atoms with Crippen molar-refractivity contribution in [2.24, 2.45) is 0 Å². The standard InChI is InChI=1S/C14H23NOS/c1-5-15-14(10-17-4)12-7-6-8-13(9-12)16-11(2)3/h6-9,11,14-15H,5,10H2,1-4H3. The normalized spacial score (nSPS) is 12.8. The first-order chi connectivity index (χ1) is 8.17. The minimum absolute atomic E-state index is 0.225. The predicted octanol–water partition coefficient (Wildman–Crippen LogP) is 3.49. The van der Waals surface area contributed by atoms with Gasteiger partial charge in [0.2, 0.25) is 0 Å². The third-order valence-electron chi connectivity index (χ3n) is 2.42. The van der Waals surface area contributed by atoms with Gasteiger partial charge in [0.25, 0.3) is 0 Å². The first-order valence-electron chi connectivity index (χ1n) is 6.16. The fraction of sp³-hybridized carbons (Fsp3) is 0.571. The van der Waals surface area contributed by atoms with Gasteiger partial charge in [0.15, 0.2) is 0 Å². The van der Waals surface area contributed by atoms with Crippen LogP contribution in [0.5, 0.6) is 5.75 Å². The van der Waals surface area contributed by atoms with Crippen molar-refractivity contribution in [3.05, 3.63) is 29.8 Å². The summed E-state index contributed by atoms with van der Waals surface area (Å²) >= 11 is 1.86. The summed E-state index contributed by atoms with van der Waals surface area (Å²) in [6, 6.07) is 8.80. The van der Waals surface area contributed by atoms with Gasteiger partial charge in [-0.3, -0.25) is 0 Å². The number of benzene rings is 1. The van der Waals surface area contributed by atoms with Crippen molar-refractivity contribution in [1.82, 2.24) is 5.32 Å². The second-order valence-electron chi connectivity index (χ2n) is 4.30. The van der Waals surface area contributed by atoms with E-state index in [1.165, 1.54) is 5.56 Å². The lowest BCUT2D eigenvalue weighted by Crippen LogP contribution is -2.22. The monoisotopic (exact) mass is 253 g/mol. The van der Waals surface area contributed by atoms with Crippen molar-refractivity contribution in [3.8, 4) is 5.75 Å².